The van der Waals surface area contributed by atoms with E-state index in [-0.39, 0.29) is 29.1 Å². The fourth-order valence-corrected chi connectivity index (χ4v) is 4.89. The summed E-state index contributed by atoms with van der Waals surface area (Å²) in [4.78, 5) is 34.5. The van der Waals surface area contributed by atoms with Gasteiger partial charge in [0.05, 0.1) is 5.41 Å². The first-order chi connectivity index (χ1) is 14.2. The number of benzene rings is 1. The van der Waals surface area contributed by atoms with E-state index < -0.39 is 0 Å². The molecule has 0 bridgehead atoms. The summed E-state index contributed by atoms with van der Waals surface area (Å²) in [6.45, 7) is 12.4. The lowest BCUT2D eigenvalue weighted by molar-refractivity contribution is -0.133. The Hall–Kier alpha value is -2.70. The highest BCUT2D eigenvalue weighted by Crippen LogP contribution is 2.44. The van der Waals surface area contributed by atoms with E-state index in [1.807, 2.05) is 55.7 Å². The van der Waals surface area contributed by atoms with Crippen LogP contribution in [-0.2, 0) is 10.2 Å². The summed E-state index contributed by atoms with van der Waals surface area (Å²) in [6, 6.07) is 5.89. The first kappa shape index (κ1) is 20.6. The molecule has 4 rings (SSSR count). The summed E-state index contributed by atoms with van der Waals surface area (Å²) in [5, 5.41) is 7.45. The zero-order valence-electron chi connectivity index (χ0n) is 18.5. The van der Waals surface area contributed by atoms with Gasteiger partial charge in [-0.3, -0.25) is 14.7 Å². The maximum atomic E-state index is 13.2. The predicted molar refractivity (Wildman–Crippen MR) is 114 cm³/mol. The monoisotopic (exact) mass is 409 g/mol. The van der Waals surface area contributed by atoms with E-state index in [2.05, 4.69) is 22.1 Å². The van der Waals surface area contributed by atoms with Crippen LogP contribution in [0, 0.1) is 32.6 Å². The summed E-state index contributed by atoms with van der Waals surface area (Å²) in [5.74, 6) is 1.85. The minimum atomic E-state index is -0.296. The average Bonchev–Trinajstić information content (AvgIpc) is 3.32. The van der Waals surface area contributed by atoms with Gasteiger partial charge in [0.1, 0.15) is 5.82 Å². The van der Waals surface area contributed by atoms with Crippen LogP contribution in [0.5, 0.6) is 0 Å². The smallest absolute Gasteiger partial charge is 0.253 e. The van der Waals surface area contributed by atoms with Gasteiger partial charge in [0, 0.05) is 43.6 Å². The number of nitrogens with one attached hydrogen (secondary N) is 1. The van der Waals surface area contributed by atoms with Crippen molar-refractivity contribution in [1.29, 1.82) is 0 Å². The van der Waals surface area contributed by atoms with Gasteiger partial charge in [-0.1, -0.05) is 19.9 Å². The number of amides is 2. The molecule has 0 spiro atoms. The minimum absolute atomic E-state index is 0.0515. The lowest BCUT2D eigenvalue weighted by Gasteiger charge is -2.41. The molecule has 1 aromatic carbocycles. The number of hydrogen-bond donors (Lipinski definition) is 1. The second-order valence-electron chi connectivity index (χ2n) is 9.27. The molecule has 0 radical (unpaired) electrons. The number of hydrogen-bond acceptors (Lipinski definition) is 4. The van der Waals surface area contributed by atoms with E-state index in [4.69, 9.17) is 0 Å². The van der Waals surface area contributed by atoms with Gasteiger partial charge in [-0.25, -0.2) is 4.98 Å². The van der Waals surface area contributed by atoms with E-state index in [1.54, 1.807) is 0 Å². The Morgan fingerprint density at radius 1 is 1.13 bits per heavy atom. The SMILES string of the molecule is Cc1nc([C@@]23CCN(C(=O)c4ccc(C)c(C)c4)C[C@@H]2CN(C(=O)C(C)C)C3)n[nH]1. The topological polar surface area (TPSA) is 82.2 Å². The van der Waals surface area contributed by atoms with Crippen molar-refractivity contribution in [3.8, 4) is 0 Å². The molecule has 2 aromatic rings. The van der Waals surface area contributed by atoms with Gasteiger partial charge in [0.15, 0.2) is 5.82 Å². The Morgan fingerprint density at radius 2 is 1.87 bits per heavy atom. The minimum Gasteiger partial charge on any atom is -0.341 e. The molecule has 1 N–H and O–H groups in total. The highest BCUT2D eigenvalue weighted by atomic mass is 16.2. The van der Waals surface area contributed by atoms with Crippen molar-refractivity contribution in [1.82, 2.24) is 25.0 Å². The molecule has 3 heterocycles. The van der Waals surface area contributed by atoms with Crippen LogP contribution in [-0.4, -0.2) is 63.0 Å². The van der Waals surface area contributed by atoms with Crippen molar-refractivity contribution in [3.63, 3.8) is 0 Å². The molecule has 2 fully saturated rings. The summed E-state index contributed by atoms with van der Waals surface area (Å²) in [7, 11) is 0. The number of carbonyl (C=O) groups excluding carboxylic acids is 2. The van der Waals surface area contributed by atoms with E-state index in [0.717, 1.165) is 29.2 Å². The van der Waals surface area contributed by atoms with Crippen LogP contribution in [0.2, 0.25) is 0 Å². The number of aromatic nitrogens is 3. The zero-order chi connectivity index (χ0) is 21.6. The van der Waals surface area contributed by atoms with Gasteiger partial charge in [0.2, 0.25) is 5.91 Å². The molecular weight excluding hydrogens is 378 g/mol. The summed E-state index contributed by atoms with van der Waals surface area (Å²) in [5.41, 5.74) is 2.74. The van der Waals surface area contributed by atoms with E-state index in [9.17, 15) is 9.59 Å². The van der Waals surface area contributed by atoms with Crippen molar-refractivity contribution >= 4 is 11.8 Å². The standard InChI is InChI=1S/C23H31N5O2/c1-14(2)20(29)28-12-19-11-27(21(30)18-7-6-15(3)16(4)10-18)9-8-23(19,13-28)22-24-17(5)25-26-22/h6-7,10,14,19H,8-9,11-13H2,1-5H3,(H,24,25,26)/t19-,23-/m1/s1. The summed E-state index contributed by atoms with van der Waals surface area (Å²) < 4.78 is 0. The third-order valence-electron chi connectivity index (χ3n) is 6.85. The number of carbonyl (C=O) groups is 2. The largest absolute Gasteiger partial charge is 0.341 e. The Bertz CT molecular complexity index is 982. The van der Waals surface area contributed by atoms with E-state index >= 15 is 0 Å². The van der Waals surface area contributed by atoms with Crippen LogP contribution in [0.4, 0.5) is 0 Å². The molecule has 2 atom stereocenters. The number of aryl methyl sites for hydroxylation is 3. The Balaban J connectivity index is 1.62. The molecule has 7 heteroatoms. The fourth-order valence-electron chi connectivity index (χ4n) is 4.89. The highest BCUT2D eigenvalue weighted by Gasteiger charge is 2.54. The first-order valence-corrected chi connectivity index (χ1v) is 10.8. The highest BCUT2D eigenvalue weighted by molar-refractivity contribution is 5.94. The molecule has 1 aromatic heterocycles. The summed E-state index contributed by atoms with van der Waals surface area (Å²) >= 11 is 0. The molecule has 2 amide bonds. The number of piperidine rings is 1. The maximum Gasteiger partial charge on any atom is 0.253 e. The molecule has 0 saturated carbocycles. The third-order valence-corrected chi connectivity index (χ3v) is 6.85. The molecule has 7 nitrogen and oxygen atoms in total. The van der Waals surface area contributed by atoms with Crippen molar-refractivity contribution in [3.05, 3.63) is 46.5 Å². The van der Waals surface area contributed by atoms with Crippen molar-refractivity contribution in [2.75, 3.05) is 26.2 Å². The van der Waals surface area contributed by atoms with Gasteiger partial charge in [-0.2, -0.15) is 5.10 Å². The summed E-state index contributed by atoms with van der Waals surface area (Å²) in [6.07, 6.45) is 0.757. The number of aromatic amines is 1. The van der Waals surface area contributed by atoms with Crippen LogP contribution < -0.4 is 0 Å². The van der Waals surface area contributed by atoms with Crippen molar-refractivity contribution in [2.24, 2.45) is 11.8 Å². The van der Waals surface area contributed by atoms with Gasteiger partial charge < -0.3 is 9.80 Å². The lowest BCUT2D eigenvalue weighted by atomic mass is 9.71. The van der Waals surface area contributed by atoms with Crippen molar-refractivity contribution < 1.29 is 9.59 Å². The Morgan fingerprint density at radius 3 is 2.50 bits per heavy atom. The molecule has 0 aliphatic carbocycles. The Labute approximate surface area is 177 Å². The molecule has 160 valence electrons. The third kappa shape index (κ3) is 3.40. The number of H-pyrrole nitrogens is 1. The van der Waals surface area contributed by atoms with E-state index in [0.29, 0.717) is 26.2 Å². The molecule has 30 heavy (non-hydrogen) atoms. The second kappa shape index (κ2) is 7.52. The van der Waals surface area contributed by atoms with Crippen LogP contribution in [0.3, 0.4) is 0 Å². The predicted octanol–water partition coefficient (Wildman–Crippen LogP) is 2.63. The molecule has 2 aliphatic heterocycles. The number of fused-ring (bicyclic) bond motifs is 1. The average molecular weight is 410 g/mol. The van der Waals surface area contributed by atoms with Crippen LogP contribution >= 0.6 is 0 Å². The molecule has 0 unspecified atom stereocenters. The van der Waals surface area contributed by atoms with E-state index in [1.165, 1.54) is 5.56 Å². The fraction of sp³-hybridized carbons (Fsp3) is 0.565. The molecular formula is C23H31N5O2. The first-order valence-electron chi connectivity index (χ1n) is 10.8. The lowest BCUT2D eigenvalue weighted by Crippen LogP contribution is -2.51. The zero-order valence-corrected chi connectivity index (χ0v) is 18.5. The number of likely N-dealkylation sites (tertiary alicyclic amines) is 2. The van der Waals surface area contributed by atoms with Crippen molar-refractivity contribution in [2.45, 2.75) is 46.5 Å². The van der Waals surface area contributed by atoms with Gasteiger partial charge in [-0.15, -0.1) is 0 Å². The molecule has 2 saturated heterocycles. The normalized spacial score (nSPS) is 23.7. The Kier molecular flexibility index (Phi) is 5.16. The molecule has 2 aliphatic rings. The maximum absolute atomic E-state index is 13.2. The van der Waals surface area contributed by atoms with Crippen LogP contribution in [0.15, 0.2) is 18.2 Å². The van der Waals surface area contributed by atoms with Crippen LogP contribution in [0.25, 0.3) is 0 Å². The van der Waals surface area contributed by atoms with Gasteiger partial charge in [-0.05, 0) is 50.5 Å². The quantitative estimate of drug-likeness (QED) is 0.845. The second-order valence-corrected chi connectivity index (χ2v) is 9.27. The number of rotatable bonds is 3. The van der Waals surface area contributed by atoms with Crippen LogP contribution in [0.1, 0.15) is 53.4 Å². The van der Waals surface area contributed by atoms with Gasteiger partial charge >= 0.3 is 0 Å². The number of nitrogens with zero attached hydrogens (tertiary/aromatic N) is 4. The van der Waals surface area contributed by atoms with Gasteiger partial charge in [0.25, 0.3) is 5.91 Å².